The van der Waals surface area contributed by atoms with Gasteiger partial charge in [-0.15, -0.1) is 0 Å². The van der Waals surface area contributed by atoms with Gasteiger partial charge in [-0.3, -0.25) is 19.4 Å². The van der Waals surface area contributed by atoms with E-state index in [1.54, 1.807) is 11.3 Å². The number of sulfonamides is 1. The van der Waals surface area contributed by atoms with E-state index in [-0.39, 0.29) is 35.6 Å². The third-order valence-corrected chi connectivity index (χ3v) is 7.32. The van der Waals surface area contributed by atoms with Crippen molar-refractivity contribution in [3.8, 4) is 0 Å². The van der Waals surface area contributed by atoms with Gasteiger partial charge in [0.1, 0.15) is 0 Å². The largest absolute Gasteiger partial charge is 0.295 e. The summed E-state index contributed by atoms with van der Waals surface area (Å²) < 4.78 is 28.2. The summed E-state index contributed by atoms with van der Waals surface area (Å²) in [6.45, 7) is 2.23. The van der Waals surface area contributed by atoms with Crippen LogP contribution < -0.4 is 9.62 Å². The molecule has 1 aromatic heterocycles. The average Bonchev–Trinajstić information content (AvgIpc) is 3.27. The summed E-state index contributed by atoms with van der Waals surface area (Å²) >= 11 is 1.60. The second-order valence-electron chi connectivity index (χ2n) is 6.93. The van der Waals surface area contributed by atoms with Crippen molar-refractivity contribution in [1.29, 1.82) is 0 Å². The Morgan fingerprint density at radius 1 is 1.04 bits per heavy atom. The van der Waals surface area contributed by atoms with Crippen molar-refractivity contribution in [2.24, 2.45) is 0 Å². The van der Waals surface area contributed by atoms with Crippen molar-refractivity contribution >= 4 is 38.9 Å². The third-order valence-electron chi connectivity index (χ3n) is 5.18. The Balaban J connectivity index is 1.47. The minimum Gasteiger partial charge on any atom is -0.295 e. The minimum absolute atomic E-state index is 0.0221. The molecule has 2 saturated heterocycles. The molecule has 148 valence electrons. The van der Waals surface area contributed by atoms with E-state index in [2.05, 4.69) is 15.0 Å². The van der Waals surface area contributed by atoms with Crippen LogP contribution in [0.25, 0.3) is 0 Å². The fraction of sp³-hybridized carbons (Fsp3) is 0.368. The SMILES string of the molecule is O=C1CCC(=O)N1c1ccc(S(=O)(=O)NC[C@@H](c2ccsc2)N2CCC2)cc1. The zero-order chi connectivity index (χ0) is 19.7. The van der Waals surface area contributed by atoms with Crippen LogP contribution in [0.2, 0.25) is 0 Å². The molecule has 9 heteroatoms. The van der Waals surface area contributed by atoms with E-state index in [9.17, 15) is 18.0 Å². The maximum absolute atomic E-state index is 12.7. The maximum atomic E-state index is 12.7. The molecule has 0 aliphatic carbocycles. The smallest absolute Gasteiger partial charge is 0.240 e. The van der Waals surface area contributed by atoms with Gasteiger partial charge in [0.25, 0.3) is 0 Å². The van der Waals surface area contributed by atoms with Crippen LogP contribution in [0.1, 0.15) is 30.9 Å². The molecule has 1 aromatic carbocycles. The quantitative estimate of drug-likeness (QED) is 0.695. The van der Waals surface area contributed by atoms with Crippen molar-refractivity contribution in [1.82, 2.24) is 9.62 Å². The molecule has 2 aliphatic rings. The van der Waals surface area contributed by atoms with E-state index in [1.165, 1.54) is 24.3 Å². The number of thiophene rings is 1. The summed E-state index contributed by atoms with van der Waals surface area (Å²) in [4.78, 5) is 27.1. The Morgan fingerprint density at radius 3 is 2.25 bits per heavy atom. The number of anilines is 1. The number of rotatable bonds is 7. The first-order valence-electron chi connectivity index (χ1n) is 9.17. The molecule has 0 saturated carbocycles. The van der Waals surface area contributed by atoms with E-state index in [1.807, 2.05) is 11.4 Å². The zero-order valence-electron chi connectivity index (χ0n) is 15.2. The molecule has 0 unspecified atom stereocenters. The number of nitrogens with zero attached hydrogens (tertiary/aromatic N) is 2. The first-order chi connectivity index (χ1) is 13.5. The number of nitrogens with one attached hydrogen (secondary N) is 1. The molecule has 2 aliphatic heterocycles. The molecule has 1 atom stereocenters. The lowest BCUT2D eigenvalue weighted by Crippen LogP contribution is -2.44. The molecular formula is C19H21N3O4S2. The highest BCUT2D eigenvalue weighted by molar-refractivity contribution is 7.89. The summed E-state index contributed by atoms with van der Waals surface area (Å²) in [5.41, 5.74) is 1.52. The van der Waals surface area contributed by atoms with Gasteiger partial charge in [-0.25, -0.2) is 13.1 Å². The van der Waals surface area contributed by atoms with Crippen molar-refractivity contribution in [2.45, 2.75) is 30.2 Å². The number of amides is 2. The molecular weight excluding hydrogens is 398 g/mol. The van der Waals surface area contributed by atoms with Gasteiger partial charge in [-0.1, -0.05) is 0 Å². The summed E-state index contributed by atoms with van der Waals surface area (Å²) in [6, 6.07) is 7.91. The molecule has 1 N–H and O–H groups in total. The van der Waals surface area contributed by atoms with Crippen molar-refractivity contribution in [3.05, 3.63) is 46.7 Å². The number of hydrogen-bond donors (Lipinski definition) is 1. The summed E-state index contributed by atoms with van der Waals surface area (Å²) in [5.74, 6) is -0.515. The normalized spacial score (nSPS) is 19.1. The molecule has 4 rings (SSSR count). The van der Waals surface area contributed by atoms with Crippen LogP contribution in [0.3, 0.4) is 0 Å². The lowest BCUT2D eigenvalue weighted by Gasteiger charge is -2.38. The van der Waals surface area contributed by atoms with Gasteiger partial charge in [0.2, 0.25) is 21.8 Å². The number of benzene rings is 1. The van der Waals surface area contributed by atoms with Gasteiger partial charge in [0.15, 0.2) is 0 Å². The summed E-state index contributed by atoms with van der Waals surface area (Å²) in [7, 11) is -3.69. The predicted octanol–water partition coefficient (Wildman–Crippen LogP) is 2.13. The second kappa shape index (κ2) is 7.75. The highest BCUT2D eigenvalue weighted by Crippen LogP contribution is 2.28. The van der Waals surface area contributed by atoms with Gasteiger partial charge >= 0.3 is 0 Å². The molecule has 2 fully saturated rings. The number of hydrogen-bond acceptors (Lipinski definition) is 6. The van der Waals surface area contributed by atoms with Crippen LogP contribution in [0.4, 0.5) is 5.69 Å². The van der Waals surface area contributed by atoms with E-state index in [0.29, 0.717) is 12.2 Å². The monoisotopic (exact) mass is 419 g/mol. The van der Waals surface area contributed by atoms with Crippen LogP contribution in [0, 0.1) is 0 Å². The molecule has 2 amide bonds. The average molecular weight is 420 g/mol. The van der Waals surface area contributed by atoms with E-state index in [0.717, 1.165) is 30.0 Å². The van der Waals surface area contributed by atoms with Crippen LogP contribution >= 0.6 is 11.3 Å². The predicted molar refractivity (Wildman–Crippen MR) is 107 cm³/mol. The van der Waals surface area contributed by atoms with Gasteiger partial charge in [-0.2, -0.15) is 11.3 Å². The van der Waals surface area contributed by atoms with Crippen molar-refractivity contribution in [3.63, 3.8) is 0 Å². The Morgan fingerprint density at radius 2 is 1.71 bits per heavy atom. The molecule has 2 aromatic rings. The fourth-order valence-corrected chi connectivity index (χ4v) is 5.23. The highest BCUT2D eigenvalue weighted by atomic mass is 32.2. The summed E-state index contributed by atoms with van der Waals surface area (Å²) in [6.07, 6.45) is 1.52. The Bertz CT molecular complexity index is 951. The van der Waals surface area contributed by atoms with Crippen LogP contribution in [-0.4, -0.2) is 44.8 Å². The molecule has 0 bridgehead atoms. The van der Waals surface area contributed by atoms with E-state index < -0.39 is 10.0 Å². The third kappa shape index (κ3) is 3.75. The van der Waals surface area contributed by atoms with Gasteiger partial charge in [-0.05, 0) is 53.1 Å². The van der Waals surface area contributed by atoms with Gasteiger partial charge in [0, 0.05) is 38.5 Å². The zero-order valence-corrected chi connectivity index (χ0v) is 16.8. The number of likely N-dealkylation sites (tertiary alicyclic amines) is 1. The topological polar surface area (TPSA) is 86.8 Å². The Kier molecular flexibility index (Phi) is 5.33. The fourth-order valence-electron chi connectivity index (χ4n) is 3.49. The second-order valence-corrected chi connectivity index (χ2v) is 9.48. The molecule has 28 heavy (non-hydrogen) atoms. The Hall–Kier alpha value is -2.07. The van der Waals surface area contributed by atoms with Crippen LogP contribution in [0.15, 0.2) is 46.0 Å². The minimum atomic E-state index is -3.69. The number of imide groups is 1. The van der Waals surface area contributed by atoms with Crippen LogP contribution in [-0.2, 0) is 19.6 Å². The van der Waals surface area contributed by atoms with Gasteiger partial charge < -0.3 is 0 Å². The highest BCUT2D eigenvalue weighted by Gasteiger charge is 2.31. The van der Waals surface area contributed by atoms with Crippen molar-refractivity contribution < 1.29 is 18.0 Å². The molecule has 0 spiro atoms. The van der Waals surface area contributed by atoms with E-state index >= 15 is 0 Å². The maximum Gasteiger partial charge on any atom is 0.240 e. The molecule has 3 heterocycles. The standard InChI is InChI=1S/C19H21N3O4S2/c23-18-6-7-19(24)22(18)15-2-4-16(5-3-15)28(25,26)20-12-17(21-9-1-10-21)14-8-11-27-13-14/h2-5,8,11,13,17,20H,1,6-7,9-10,12H2/t17-/m0/s1. The Labute approximate surface area is 168 Å². The lowest BCUT2D eigenvalue weighted by atomic mass is 10.1. The van der Waals surface area contributed by atoms with E-state index in [4.69, 9.17) is 0 Å². The van der Waals surface area contributed by atoms with Crippen molar-refractivity contribution in [2.75, 3.05) is 24.5 Å². The number of carbonyl (C=O) groups excluding carboxylic acids is 2. The molecule has 0 radical (unpaired) electrons. The first-order valence-corrected chi connectivity index (χ1v) is 11.6. The summed E-state index contributed by atoms with van der Waals surface area (Å²) in [5, 5.41) is 4.05. The van der Waals surface area contributed by atoms with Gasteiger partial charge in [0.05, 0.1) is 10.6 Å². The van der Waals surface area contributed by atoms with Crippen LogP contribution in [0.5, 0.6) is 0 Å². The number of carbonyl (C=O) groups is 2. The lowest BCUT2D eigenvalue weighted by molar-refractivity contribution is -0.121. The molecule has 7 nitrogen and oxygen atoms in total. The first kappa shape index (κ1) is 19.3.